The zero-order valence-corrected chi connectivity index (χ0v) is 18.2. The van der Waals surface area contributed by atoms with Gasteiger partial charge < -0.3 is 25.0 Å². The summed E-state index contributed by atoms with van der Waals surface area (Å²) in [7, 11) is 0. The highest BCUT2D eigenvalue weighted by Gasteiger charge is 2.16. The van der Waals surface area contributed by atoms with Gasteiger partial charge in [0.15, 0.2) is 11.5 Å². The molecule has 0 saturated heterocycles. The zero-order valence-electron chi connectivity index (χ0n) is 18.2. The lowest BCUT2D eigenvalue weighted by Crippen LogP contribution is -2.10. The normalized spacial score (nSPS) is 10.7. The molecule has 162 valence electrons. The van der Waals surface area contributed by atoms with Crippen LogP contribution in [0.3, 0.4) is 0 Å². The van der Waals surface area contributed by atoms with Gasteiger partial charge >= 0.3 is 0 Å². The summed E-state index contributed by atoms with van der Waals surface area (Å²) >= 11 is 0. The molecule has 32 heavy (non-hydrogen) atoms. The van der Waals surface area contributed by atoms with E-state index in [2.05, 4.69) is 0 Å². The molecule has 0 aromatic heterocycles. The Hall–Kier alpha value is -4.12. The van der Waals surface area contributed by atoms with Gasteiger partial charge in [0.2, 0.25) is 0 Å². The van der Waals surface area contributed by atoms with Gasteiger partial charge in [-0.2, -0.15) is 0 Å². The number of aromatic hydroxyl groups is 3. The molecule has 0 atom stereocenters. The van der Waals surface area contributed by atoms with Crippen molar-refractivity contribution in [3.63, 3.8) is 0 Å². The summed E-state index contributed by atoms with van der Waals surface area (Å²) in [4.78, 5) is 2.01. The third-order valence-electron chi connectivity index (χ3n) is 5.30. The smallest absolute Gasteiger partial charge is 0.169 e. The van der Waals surface area contributed by atoms with Crippen molar-refractivity contribution in [3.05, 3.63) is 95.6 Å². The monoisotopic (exact) mass is 427 g/mol. The maximum atomic E-state index is 10.2. The number of phenolic OH excluding ortho intramolecular Hbond substituents is 3. The minimum atomic E-state index is 0.0792. The van der Waals surface area contributed by atoms with Gasteiger partial charge in [0.05, 0.1) is 0 Å². The van der Waals surface area contributed by atoms with Crippen molar-refractivity contribution >= 4 is 17.1 Å². The highest BCUT2D eigenvalue weighted by atomic mass is 16.5. The molecule has 4 aromatic rings. The molecule has 0 aliphatic rings. The van der Waals surface area contributed by atoms with Gasteiger partial charge in [0.25, 0.3) is 0 Å². The van der Waals surface area contributed by atoms with E-state index < -0.39 is 0 Å². The topological polar surface area (TPSA) is 73.2 Å². The van der Waals surface area contributed by atoms with Crippen molar-refractivity contribution in [3.8, 4) is 28.7 Å². The average Bonchev–Trinajstić information content (AvgIpc) is 2.76. The highest BCUT2D eigenvalue weighted by Crippen LogP contribution is 2.40. The van der Waals surface area contributed by atoms with Crippen molar-refractivity contribution in [2.24, 2.45) is 0 Å². The van der Waals surface area contributed by atoms with E-state index in [4.69, 9.17) is 4.74 Å². The second-order valence-electron chi connectivity index (χ2n) is 7.85. The van der Waals surface area contributed by atoms with Gasteiger partial charge in [0.1, 0.15) is 17.2 Å². The lowest BCUT2D eigenvalue weighted by molar-refractivity contribution is 0.411. The Balaban J connectivity index is 1.79. The van der Waals surface area contributed by atoms with Crippen molar-refractivity contribution in [1.82, 2.24) is 0 Å². The number of rotatable bonds is 5. The Morgan fingerprint density at radius 2 is 1.19 bits per heavy atom. The van der Waals surface area contributed by atoms with Crippen LogP contribution < -0.4 is 9.64 Å². The number of phenols is 3. The highest BCUT2D eigenvalue weighted by molar-refractivity contribution is 5.78. The fraction of sp³-hybridized carbons (Fsp3) is 0.111. The Kier molecular flexibility index (Phi) is 5.65. The molecule has 0 amide bonds. The minimum Gasteiger partial charge on any atom is -0.508 e. The number of hydrogen-bond acceptors (Lipinski definition) is 5. The summed E-state index contributed by atoms with van der Waals surface area (Å²) in [5.41, 5.74) is 4.96. The first-order chi connectivity index (χ1) is 15.3. The van der Waals surface area contributed by atoms with Crippen molar-refractivity contribution in [1.29, 1.82) is 0 Å². The van der Waals surface area contributed by atoms with Gasteiger partial charge in [-0.05, 0) is 98.1 Å². The molecule has 0 aliphatic heterocycles. The molecule has 4 rings (SSSR count). The third-order valence-corrected chi connectivity index (χ3v) is 5.30. The quantitative estimate of drug-likeness (QED) is 0.320. The summed E-state index contributed by atoms with van der Waals surface area (Å²) in [6.07, 6.45) is 0. The number of benzene rings is 4. The molecule has 5 nitrogen and oxygen atoms in total. The Labute approximate surface area is 187 Å². The van der Waals surface area contributed by atoms with Gasteiger partial charge in [0, 0.05) is 23.1 Å². The average molecular weight is 428 g/mol. The maximum absolute atomic E-state index is 10.2. The molecular weight excluding hydrogens is 402 g/mol. The van der Waals surface area contributed by atoms with E-state index in [0.717, 1.165) is 33.8 Å². The molecule has 0 aliphatic carbocycles. The zero-order chi connectivity index (χ0) is 22.8. The molecular formula is C27H25NO4. The fourth-order valence-corrected chi connectivity index (χ4v) is 3.53. The van der Waals surface area contributed by atoms with Crippen LogP contribution in [0.15, 0.2) is 78.9 Å². The van der Waals surface area contributed by atoms with E-state index in [1.165, 1.54) is 0 Å². The van der Waals surface area contributed by atoms with Crippen LogP contribution >= 0.6 is 0 Å². The summed E-state index contributed by atoms with van der Waals surface area (Å²) < 4.78 is 5.96. The molecule has 0 radical (unpaired) electrons. The van der Waals surface area contributed by atoms with E-state index in [0.29, 0.717) is 11.5 Å². The van der Waals surface area contributed by atoms with Gasteiger partial charge in [-0.15, -0.1) is 0 Å². The molecule has 0 fully saturated rings. The summed E-state index contributed by atoms with van der Waals surface area (Å²) in [6, 6.07) is 23.6. The van der Waals surface area contributed by atoms with E-state index in [-0.39, 0.29) is 17.2 Å². The lowest BCUT2D eigenvalue weighted by atomic mass is 10.1. The predicted molar refractivity (Wildman–Crippen MR) is 127 cm³/mol. The molecule has 0 saturated carbocycles. The molecule has 0 heterocycles. The van der Waals surface area contributed by atoms with Crippen LogP contribution in [0.1, 0.15) is 16.7 Å². The second-order valence-corrected chi connectivity index (χ2v) is 7.85. The first kappa shape index (κ1) is 21.1. The standard InChI is InChI=1S/C27H25NO4/c1-17-7-12-27(26(31)13-17)32-23-6-4-5-20(16-23)28(21-8-10-24(29)18(2)14-21)22-9-11-25(30)19(3)15-22/h4-16,29-31H,1-3H3. The van der Waals surface area contributed by atoms with E-state index in [1.54, 1.807) is 24.3 Å². The van der Waals surface area contributed by atoms with Gasteiger partial charge in [-0.25, -0.2) is 0 Å². The number of aryl methyl sites for hydroxylation is 3. The Morgan fingerprint density at radius 1 is 0.594 bits per heavy atom. The van der Waals surface area contributed by atoms with Crippen LogP contribution in [-0.2, 0) is 0 Å². The van der Waals surface area contributed by atoms with E-state index >= 15 is 0 Å². The van der Waals surface area contributed by atoms with Gasteiger partial charge in [-0.1, -0.05) is 12.1 Å². The number of hydrogen-bond donors (Lipinski definition) is 3. The summed E-state index contributed by atoms with van der Waals surface area (Å²) in [5, 5.41) is 30.2. The molecule has 3 N–H and O–H groups in total. The first-order valence-electron chi connectivity index (χ1n) is 10.3. The number of anilines is 3. The number of nitrogens with zero attached hydrogens (tertiary/aromatic N) is 1. The van der Waals surface area contributed by atoms with Crippen molar-refractivity contribution in [2.45, 2.75) is 20.8 Å². The Morgan fingerprint density at radius 3 is 1.75 bits per heavy atom. The molecule has 4 aromatic carbocycles. The third kappa shape index (κ3) is 4.32. The predicted octanol–water partition coefficient (Wildman–Crippen LogP) is 6.99. The minimum absolute atomic E-state index is 0.0792. The van der Waals surface area contributed by atoms with Gasteiger partial charge in [-0.3, -0.25) is 0 Å². The SMILES string of the molecule is Cc1ccc(Oc2cccc(N(c3ccc(O)c(C)c3)c3ccc(O)c(C)c3)c2)c(O)c1. The Bertz CT molecular complexity index is 1230. The molecule has 0 unspecified atom stereocenters. The fourth-order valence-electron chi connectivity index (χ4n) is 3.53. The van der Waals surface area contributed by atoms with E-state index in [9.17, 15) is 15.3 Å². The van der Waals surface area contributed by atoms with Crippen LogP contribution in [0.25, 0.3) is 0 Å². The summed E-state index contributed by atoms with van der Waals surface area (Å²) in [6.45, 7) is 5.60. The van der Waals surface area contributed by atoms with Crippen LogP contribution in [0.2, 0.25) is 0 Å². The molecule has 0 spiro atoms. The van der Waals surface area contributed by atoms with Crippen LogP contribution in [0, 0.1) is 20.8 Å². The largest absolute Gasteiger partial charge is 0.508 e. The molecule has 5 heteroatoms. The number of ether oxygens (including phenoxy) is 1. The van der Waals surface area contributed by atoms with Crippen molar-refractivity contribution < 1.29 is 20.1 Å². The molecule has 0 bridgehead atoms. The second kappa shape index (κ2) is 8.55. The lowest BCUT2D eigenvalue weighted by Gasteiger charge is -2.27. The van der Waals surface area contributed by atoms with Crippen LogP contribution in [0.5, 0.6) is 28.7 Å². The first-order valence-corrected chi connectivity index (χ1v) is 10.3. The van der Waals surface area contributed by atoms with E-state index in [1.807, 2.05) is 80.3 Å². The summed E-state index contributed by atoms with van der Waals surface area (Å²) in [5.74, 6) is 1.47. The van der Waals surface area contributed by atoms with Crippen LogP contribution in [0.4, 0.5) is 17.1 Å². The maximum Gasteiger partial charge on any atom is 0.169 e. The van der Waals surface area contributed by atoms with Crippen molar-refractivity contribution in [2.75, 3.05) is 4.90 Å². The van der Waals surface area contributed by atoms with Crippen LogP contribution in [-0.4, -0.2) is 15.3 Å².